The minimum atomic E-state index is 0.792. The minimum Gasteiger partial charge on any atom is -0.493 e. The van der Waals surface area contributed by atoms with Crippen molar-refractivity contribution >= 4 is 0 Å². The molecule has 2 rings (SSSR count). The van der Waals surface area contributed by atoms with Gasteiger partial charge in [0.05, 0.1) is 14.2 Å². The monoisotopic (exact) mass is 190 g/mol. The first-order valence-corrected chi connectivity index (χ1v) is 4.84. The standard InChI is InChI=1S/C12H14O2/c1-13-11-7-9-5-3-4-6-10(9)8-12(11)14-2/h7-8H,3-5H2,1-2H3. The van der Waals surface area contributed by atoms with Gasteiger partial charge in [0.1, 0.15) is 0 Å². The molecular formula is C12H14O2. The molecule has 0 spiro atoms. The molecule has 0 fully saturated rings. The second-order valence-electron chi connectivity index (χ2n) is 3.39. The van der Waals surface area contributed by atoms with E-state index in [4.69, 9.17) is 9.47 Å². The summed E-state index contributed by atoms with van der Waals surface area (Å²) in [5, 5.41) is 0. The fourth-order valence-electron chi connectivity index (χ4n) is 1.79. The fourth-order valence-corrected chi connectivity index (χ4v) is 1.79. The lowest BCUT2D eigenvalue weighted by molar-refractivity contribution is 0.354. The van der Waals surface area contributed by atoms with E-state index < -0.39 is 0 Å². The van der Waals surface area contributed by atoms with Crippen LogP contribution in [-0.2, 0) is 6.42 Å². The van der Waals surface area contributed by atoms with Gasteiger partial charge in [0.2, 0.25) is 0 Å². The lowest BCUT2D eigenvalue weighted by atomic mass is 9.91. The van der Waals surface area contributed by atoms with Gasteiger partial charge < -0.3 is 9.47 Å². The number of methoxy groups -OCH3 is 2. The number of ether oxygens (including phenoxy) is 2. The first-order valence-electron chi connectivity index (χ1n) is 4.84. The van der Waals surface area contributed by atoms with E-state index in [1.54, 1.807) is 14.2 Å². The average molecular weight is 190 g/mol. The summed E-state index contributed by atoms with van der Waals surface area (Å²) >= 11 is 0. The van der Waals surface area contributed by atoms with Gasteiger partial charge in [-0.05, 0) is 42.5 Å². The van der Waals surface area contributed by atoms with Gasteiger partial charge in [-0.1, -0.05) is 0 Å². The quantitative estimate of drug-likeness (QED) is 0.713. The van der Waals surface area contributed by atoms with E-state index >= 15 is 0 Å². The van der Waals surface area contributed by atoms with E-state index in [9.17, 15) is 0 Å². The maximum Gasteiger partial charge on any atom is 0.161 e. The summed E-state index contributed by atoms with van der Waals surface area (Å²) in [6, 6.07) is 4.06. The Labute approximate surface area is 84.8 Å². The molecule has 0 saturated heterocycles. The van der Waals surface area contributed by atoms with Crippen LogP contribution in [0.3, 0.4) is 0 Å². The Morgan fingerprint density at radius 3 is 2.57 bits per heavy atom. The molecule has 0 aliphatic heterocycles. The van der Waals surface area contributed by atoms with Gasteiger partial charge in [-0.3, -0.25) is 0 Å². The highest BCUT2D eigenvalue weighted by molar-refractivity contribution is 5.50. The molecule has 1 aromatic rings. The highest BCUT2D eigenvalue weighted by Gasteiger charge is 2.14. The second-order valence-corrected chi connectivity index (χ2v) is 3.39. The molecule has 1 aromatic carbocycles. The van der Waals surface area contributed by atoms with Crippen molar-refractivity contribution in [3.63, 3.8) is 0 Å². The summed E-state index contributed by atoms with van der Waals surface area (Å²) in [6.07, 6.45) is 6.69. The molecule has 0 saturated carbocycles. The van der Waals surface area contributed by atoms with Crippen molar-refractivity contribution in [1.82, 2.24) is 0 Å². The van der Waals surface area contributed by atoms with E-state index in [1.165, 1.54) is 17.5 Å². The molecule has 0 aromatic heterocycles. The summed E-state index contributed by atoms with van der Waals surface area (Å²) in [5.74, 6) is 1.61. The minimum absolute atomic E-state index is 0.792. The van der Waals surface area contributed by atoms with Gasteiger partial charge in [0.15, 0.2) is 11.5 Å². The SMILES string of the molecule is COc1cc2c(cc1OC)CCC[C]2. The normalized spacial score (nSPS) is 14.7. The molecule has 0 bridgehead atoms. The van der Waals surface area contributed by atoms with Crippen molar-refractivity contribution in [2.45, 2.75) is 19.3 Å². The fraction of sp³-hybridized carbons (Fsp3) is 0.417. The predicted molar refractivity (Wildman–Crippen MR) is 54.8 cm³/mol. The maximum absolute atomic E-state index is 5.25. The summed E-state index contributed by atoms with van der Waals surface area (Å²) < 4.78 is 10.5. The number of hydrogen-bond acceptors (Lipinski definition) is 2. The van der Waals surface area contributed by atoms with Crippen LogP contribution < -0.4 is 9.47 Å². The Balaban J connectivity index is 2.43. The predicted octanol–water partition coefficient (Wildman–Crippen LogP) is 2.47. The molecule has 2 heteroatoms. The molecule has 1 aliphatic rings. The third kappa shape index (κ3) is 1.57. The van der Waals surface area contributed by atoms with E-state index in [0.29, 0.717) is 0 Å². The van der Waals surface area contributed by atoms with Gasteiger partial charge in [0, 0.05) is 6.42 Å². The molecule has 2 nitrogen and oxygen atoms in total. The number of fused-ring (bicyclic) bond motifs is 1. The van der Waals surface area contributed by atoms with E-state index in [1.807, 2.05) is 6.07 Å². The molecule has 1 aliphatic carbocycles. The maximum atomic E-state index is 5.25. The summed E-state index contributed by atoms with van der Waals surface area (Å²) in [6.45, 7) is 0. The molecule has 2 radical (unpaired) electrons. The van der Waals surface area contributed by atoms with Crippen molar-refractivity contribution in [1.29, 1.82) is 0 Å². The zero-order valence-corrected chi connectivity index (χ0v) is 8.59. The number of rotatable bonds is 2. The van der Waals surface area contributed by atoms with E-state index in [-0.39, 0.29) is 0 Å². The number of hydrogen-bond donors (Lipinski definition) is 0. The van der Waals surface area contributed by atoms with Crippen molar-refractivity contribution in [2.24, 2.45) is 0 Å². The average Bonchev–Trinajstić information content (AvgIpc) is 2.27. The zero-order valence-electron chi connectivity index (χ0n) is 8.59. The molecule has 0 heterocycles. The van der Waals surface area contributed by atoms with Crippen molar-refractivity contribution in [3.8, 4) is 11.5 Å². The number of aryl methyl sites for hydroxylation is 1. The van der Waals surface area contributed by atoms with Crippen molar-refractivity contribution < 1.29 is 9.47 Å². The Kier molecular flexibility index (Phi) is 2.62. The largest absolute Gasteiger partial charge is 0.493 e. The van der Waals surface area contributed by atoms with Crippen LogP contribution in [0.15, 0.2) is 12.1 Å². The smallest absolute Gasteiger partial charge is 0.161 e. The van der Waals surface area contributed by atoms with Gasteiger partial charge >= 0.3 is 0 Å². The molecule has 0 amide bonds. The Morgan fingerprint density at radius 1 is 1.14 bits per heavy atom. The molecule has 0 atom stereocenters. The summed E-state index contributed by atoms with van der Waals surface area (Å²) in [5.41, 5.74) is 2.49. The lowest BCUT2D eigenvalue weighted by Gasteiger charge is -2.17. The Morgan fingerprint density at radius 2 is 1.86 bits per heavy atom. The van der Waals surface area contributed by atoms with Crippen molar-refractivity contribution in [3.05, 3.63) is 29.7 Å². The van der Waals surface area contributed by atoms with Gasteiger partial charge in [0.25, 0.3) is 0 Å². The van der Waals surface area contributed by atoms with Crippen LogP contribution in [0.1, 0.15) is 24.0 Å². The highest BCUT2D eigenvalue weighted by Crippen LogP contribution is 2.34. The van der Waals surface area contributed by atoms with Crippen LogP contribution in [0, 0.1) is 6.42 Å². The third-order valence-corrected chi connectivity index (χ3v) is 2.55. The van der Waals surface area contributed by atoms with Crippen LogP contribution in [0.4, 0.5) is 0 Å². The molecular weight excluding hydrogens is 176 g/mol. The zero-order chi connectivity index (χ0) is 9.97. The first kappa shape index (κ1) is 9.38. The molecule has 14 heavy (non-hydrogen) atoms. The van der Waals surface area contributed by atoms with Gasteiger partial charge in [-0.15, -0.1) is 0 Å². The molecule has 0 N–H and O–H groups in total. The van der Waals surface area contributed by atoms with E-state index in [2.05, 4.69) is 12.5 Å². The topological polar surface area (TPSA) is 18.5 Å². The molecule has 0 unspecified atom stereocenters. The first-order chi connectivity index (χ1) is 6.85. The van der Waals surface area contributed by atoms with Gasteiger partial charge in [-0.2, -0.15) is 0 Å². The summed E-state index contributed by atoms with van der Waals surface area (Å²) in [4.78, 5) is 0. The third-order valence-electron chi connectivity index (χ3n) is 2.55. The number of benzene rings is 1. The summed E-state index contributed by atoms with van der Waals surface area (Å²) in [7, 11) is 3.33. The van der Waals surface area contributed by atoms with E-state index in [0.717, 1.165) is 24.3 Å². The van der Waals surface area contributed by atoms with Crippen LogP contribution in [0.25, 0.3) is 0 Å². The van der Waals surface area contributed by atoms with Crippen LogP contribution in [0.2, 0.25) is 0 Å². The van der Waals surface area contributed by atoms with Crippen LogP contribution >= 0.6 is 0 Å². The van der Waals surface area contributed by atoms with Crippen molar-refractivity contribution in [2.75, 3.05) is 14.2 Å². The second kappa shape index (κ2) is 3.91. The van der Waals surface area contributed by atoms with Crippen LogP contribution in [0.5, 0.6) is 11.5 Å². The van der Waals surface area contributed by atoms with Crippen LogP contribution in [-0.4, -0.2) is 14.2 Å². The van der Waals surface area contributed by atoms with Gasteiger partial charge in [-0.25, -0.2) is 0 Å². The Bertz CT molecular complexity index is 287. The Hall–Kier alpha value is -1.18. The lowest BCUT2D eigenvalue weighted by Crippen LogP contribution is -2.02. The highest BCUT2D eigenvalue weighted by atomic mass is 16.5. The molecule has 74 valence electrons.